The van der Waals surface area contributed by atoms with E-state index in [1.165, 1.54) is 0 Å². The van der Waals surface area contributed by atoms with E-state index in [1.807, 2.05) is 32.9 Å². The molecule has 1 heterocycles. The summed E-state index contributed by atoms with van der Waals surface area (Å²) in [5, 5.41) is 2.84. The normalized spacial score (nSPS) is 12.6. The Balaban J connectivity index is 2.78. The van der Waals surface area contributed by atoms with Crippen molar-refractivity contribution in [3.05, 3.63) is 41.2 Å². The van der Waals surface area contributed by atoms with E-state index in [4.69, 9.17) is 4.74 Å². The molecule has 1 N–H and O–H groups in total. The Morgan fingerprint density at radius 3 is 2.84 bits per heavy atom. The summed E-state index contributed by atoms with van der Waals surface area (Å²) >= 11 is 3.32. The minimum absolute atomic E-state index is 0.174. The molecule has 1 amide bonds. The highest BCUT2D eigenvalue weighted by Gasteiger charge is 2.20. The van der Waals surface area contributed by atoms with Crippen molar-refractivity contribution in [2.45, 2.75) is 38.8 Å². The fourth-order valence-corrected chi connectivity index (χ4v) is 1.91. The van der Waals surface area contributed by atoms with E-state index in [0.29, 0.717) is 6.42 Å². The van der Waals surface area contributed by atoms with Gasteiger partial charge in [0.2, 0.25) is 0 Å². The second kappa shape index (κ2) is 6.70. The van der Waals surface area contributed by atoms with E-state index in [-0.39, 0.29) is 6.04 Å². The number of hydrogen-bond donors (Lipinski definition) is 1. The quantitative estimate of drug-likeness (QED) is 0.672. The van der Waals surface area contributed by atoms with Crippen molar-refractivity contribution in [2.75, 3.05) is 0 Å². The lowest BCUT2D eigenvalue weighted by Gasteiger charge is -2.23. The second-order valence-corrected chi connectivity index (χ2v) is 5.95. The van der Waals surface area contributed by atoms with Crippen LogP contribution in [0.25, 0.3) is 0 Å². The number of amides is 1. The molecule has 0 radical (unpaired) electrons. The number of aromatic nitrogens is 1. The molecule has 19 heavy (non-hydrogen) atoms. The molecule has 0 saturated heterocycles. The zero-order chi connectivity index (χ0) is 14.5. The number of halogens is 1. The van der Waals surface area contributed by atoms with Crippen LogP contribution < -0.4 is 5.32 Å². The predicted octanol–water partition coefficient (Wildman–Crippen LogP) is 3.99. The highest BCUT2D eigenvalue weighted by atomic mass is 79.9. The lowest BCUT2D eigenvalue weighted by atomic mass is 10.1. The number of hydrogen-bond acceptors (Lipinski definition) is 3. The molecule has 1 aromatic heterocycles. The van der Waals surface area contributed by atoms with Crippen LogP contribution in [0.4, 0.5) is 4.79 Å². The van der Waals surface area contributed by atoms with Gasteiger partial charge in [0.05, 0.1) is 6.04 Å². The van der Waals surface area contributed by atoms with Gasteiger partial charge in [0, 0.05) is 6.20 Å². The Hall–Kier alpha value is -1.36. The Morgan fingerprint density at radius 1 is 1.63 bits per heavy atom. The Kier molecular flexibility index (Phi) is 5.54. The second-order valence-electron chi connectivity index (χ2n) is 5.14. The molecule has 1 aromatic rings. The van der Waals surface area contributed by atoms with Crippen LogP contribution in [-0.4, -0.2) is 16.7 Å². The maximum Gasteiger partial charge on any atom is 0.408 e. The first-order valence-electron chi connectivity index (χ1n) is 6.03. The molecular weight excluding hydrogens is 308 g/mol. The highest BCUT2D eigenvalue weighted by molar-refractivity contribution is 9.10. The standard InChI is InChI=1S/C14H19BrN2O2/c1-5-6-11(10-7-8-16-12(15)9-10)17-13(18)19-14(2,3)4/h5,7-9,11H,1,6H2,2-4H3,(H,17,18)/t11-/m0/s1. The Labute approximate surface area is 122 Å². The van der Waals surface area contributed by atoms with Gasteiger partial charge in [-0.3, -0.25) is 0 Å². The highest BCUT2D eigenvalue weighted by Crippen LogP contribution is 2.20. The SMILES string of the molecule is C=CC[C@H](NC(=O)OC(C)(C)C)c1ccnc(Br)c1. The van der Waals surface area contributed by atoms with E-state index in [1.54, 1.807) is 12.3 Å². The molecule has 0 fully saturated rings. The maximum atomic E-state index is 11.8. The van der Waals surface area contributed by atoms with Crippen LogP contribution in [0.5, 0.6) is 0 Å². The van der Waals surface area contributed by atoms with Crippen LogP contribution in [0.2, 0.25) is 0 Å². The van der Waals surface area contributed by atoms with Gasteiger partial charge in [-0.15, -0.1) is 6.58 Å². The average molecular weight is 327 g/mol. The molecule has 0 aliphatic heterocycles. The van der Waals surface area contributed by atoms with Crippen molar-refractivity contribution >= 4 is 22.0 Å². The van der Waals surface area contributed by atoms with Crippen LogP contribution in [0.15, 0.2) is 35.6 Å². The number of rotatable bonds is 4. The minimum atomic E-state index is -0.512. The molecule has 0 spiro atoms. The monoisotopic (exact) mass is 326 g/mol. The summed E-state index contributed by atoms with van der Waals surface area (Å²) in [6.07, 6.45) is 3.63. The fourth-order valence-electron chi connectivity index (χ4n) is 1.53. The molecule has 0 unspecified atom stereocenters. The first-order valence-corrected chi connectivity index (χ1v) is 6.83. The molecule has 4 nitrogen and oxygen atoms in total. The van der Waals surface area contributed by atoms with E-state index in [9.17, 15) is 4.79 Å². The maximum absolute atomic E-state index is 11.8. The van der Waals surface area contributed by atoms with Crippen molar-refractivity contribution < 1.29 is 9.53 Å². The largest absolute Gasteiger partial charge is 0.444 e. The molecule has 0 bridgehead atoms. The predicted molar refractivity (Wildman–Crippen MR) is 78.9 cm³/mol. The molecule has 1 rings (SSSR count). The summed E-state index contributed by atoms with van der Waals surface area (Å²) in [7, 11) is 0. The summed E-state index contributed by atoms with van der Waals surface area (Å²) in [5.41, 5.74) is 0.439. The number of pyridine rings is 1. The lowest BCUT2D eigenvalue weighted by Crippen LogP contribution is -2.34. The lowest BCUT2D eigenvalue weighted by molar-refractivity contribution is 0.0504. The van der Waals surface area contributed by atoms with E-state index in [0.717, 1.165) is 10.2 Å². The first kappa shape index (κ1) is 15.7. The van der Waals surface area contributed by atoms with Crippen LogP contribution >= 0.6 is 15.9 Å². The Bertz CT molecular complexity index is 455. The molecule has 0 aromatic carbocycles. The molecule has 0 aliphatic rings. The number of alkyl carbamates (subject to hydrolysis) is 1. The van der Waals surface area contributed by atoms with Crippen molar-refractivity contribution in [1.82, 2.24) is 10.3 Å². The Morgan fingerprint density at radius 2 is 2.32 bits per heavy atom. The third-order valence-electron chi connectivity index (χ3n) is 2.25. The smallest absolute Gasteiger partial charge is 0.408 e. The van der Waals surface area contributed by atoms with Gasteiger partial charge in [-0.05, 0) is 60.8 Å². The molecular formula is C14H19BrN2O2. The number of nitrogens with one attached hydrogen (secondary N) is 1. The van der Waals surface area contributed by atoms with Crippen molar-refractivity contribution in [3.8, 4) is 0 Å². The summed E-state index contributed by atoms with van der Waals surface area (Å²) in [6.45, 7) is 9.21. The molecule has 5 heteroatoms. The molecule has 0 aliphatic carbocycles. The van der Waals surface area contributed by atoms with Crippen molar-refractivity contribution in [1.29, 1.82) is 0 Å². The van der Waals surface area contributed by atoms with Gasteiger partial charge in [0.25, 0.3) is 0 Å². The fraction of sp³-hybridized carbons (Fsp3) is 0.429. The number of carbonyl (C=O) groups excluding carboxylic acids is 1. The molecule has 1 atom stereocenters. The van der Waals surface area contributed by atoms with E-state index < -0.39 is 11.7 Å². The summed E-state index contributed by atoms with van der Waals surface area (Å²) < 4.78 is 5.98. The minimum Gasteiger partial charge on any atom is -0.444 e. The van der Waals surface area contributed by atoms with Crippen molar-refractivity contribution in [3.63, 3.8) is 0 Å². The van der Waals surface area contributed by atoms with Gasteiger partial charge < -0.3 is 10.1 Å². The van der Waals surface area contributed by atoms with Gasteiger partial charge in [0.15, 0.2) is 0 Å². The molecule has 0 saturated carbocycles. The van der Waals surface area contributed by atoms with Crippen LogP contribution in [0, 0.1) is 0 Å². The summed E-state index contributed by atoms with van der Waals surface area (Å²) in [4.78, 5) is 15.9. The van der Waals surface area contributed by atoms with Gasteiger partial charge in [0.1, 0.15) is 10.2 Å². The first-order chi connectivity index (χ1) is 8.81. The number of nitrogens with zero attached hydrogens (tertiary/aromatic N) is 1. The topological polar surface area (TPSA) is 51.2 Å². The zero-order valence-electron chi connectivity index (χ0n) is 11.4. The zero-order valence-corrected chi connectivity index (χ0v) is 13.0. The van der Waals surface area contributed by atoms with E-state index >= 15 is 0 Å². The summed E-state index contributed by atoms with van der Waals surface area (Å²) in [5.74, 6) is 0. The molecule has 104 valence electrons. The van der Waals surface area contributed by atoms with Crippen LogP contribution in [-0.2, 0) is 4.74 Å². The van der Waals surface area contributed by atoms with Gasteiger partial charge in [-0.25, -0.2) is 9.78 Å². The van der Waals surface area contributed by atoms with E-state index in [2.05, 4.69) is 32.8 Å². The van der Waals surface area contributed by atoms with Gasteiger partial charge in [-0.2, -0.15) is 0 Å². The number of ether oxygens (including phenoxy) is 1. The van der Waals surface area contributed by atoms with Crippen LogP contribution in [0.1, 0.15) is 38.8 Å². The summed E-state index contributed by atoms with van der Waals surface area (Å²) in [6, 6.07) is 3.55. The van der Waals surface area contributed by atoms with Crippen LogP contribution in [0.3, 0.4) is 0 Å². The van der Waals surface area contributed by atoms with Crippen molar-refractivity contribution in [2.24, 2.45) is 0 Å². The number of carbonyl (C=O) groups is 1. The van der Waals surface area contributed by atoms with Gasteiger partial charge in [-0.1, -0.05) is 6.08 Å². The third kappa shape index (κ3) is 5.87. The van der Waals surface area contributed by atoms with Gasteiger partial charge >= 0.3 is 6.09 Å². The average Bonchev–Trinajstić information content (AvgIpc) is 2.26. The third-order valence-corrected chi connectivity index (χ3v) is 2.68.